The Bertz CT molecular complexity index is 269. The number of ether oxygens (including phenoxy) is 2. The van der Waals surface area contributed by atoms with Gasteiger partial charge in [-0.2, -0.15) is 0 Å². The van der Waals surface area contributed by atoms with Crippen molar-refractivity contribution < 1.29 is 19.7 Å². The molecule has 6 atom stereocenters. The summed E-state index contributed by atoms with van der Waals surface area (Å²) < 4.78 is 11.3. The maximum atomic E-state index is 10.6. The first-order valence-corrected chi connectivity index (χ1v) is 5.87. The molecular weight excluding hydrogens is 196 g/mol. The van der Waals surface area contributed by atoms with E-state index >= 15 is 0 Å². The van der Waals surface area contributed by atoms with Crippen LogP contribution in [0, 0.1) is 5.92 Å². The van der Waals surface area contributed by atoms with Gasteiger partial charge in [0.15, 0.2) is 6.29 Å². The maximum Gasteiger partial charge on any atom is 0.161 e. The Morgan fingerprint density at radius 3 is 2.87 bits per heavy atom. The molecule has 4 bridgehead atoms. The van der Waals surface area contributed by atoms with E-state index in [4.69, 9.17) is 9.47 Å². The molecule has 0 spiro atoms. The van der Waals surface area contributed by atoms with E-state index in [1.165, 1.54) is 0 Å². The summed E-state index contributed by atoms with van der Waals surface area (Å²) in [6.07, 6.45) is 1.79. The van der Waals surface area contributed by atoms with Crippen molar-refractivity contribution >= 4 is 0 Å². The zero-order valence-corrected chi connectivity index (χ0v) is 8.93. The van der Waals surface area contributed by atoms with E-state index in [-0.39, 0.29) is 18.5 Å². The summed E-state index contributed by atoms with van der Waals surface area (Å²) in [4.78, 5) is 0. The maximum absolute atomic E-state index is 10.6. The summed E-state index contributed by atoms with van der Waals surface area (Å²) in [5.41, 5.74) is -1.16. The second-order valence-electron chi connectivity index (χ2n) is 5.00. The molecule has 3 saturated heterocycles. The second-order valence-corrected chi connectivity index (χ2v) is 5.00. The van der Waals surface area contributed by atoms with Crippen LogP contribution in [0.1, 0.15) is 32.6 Å². The smallest absolute Gasteiger partial charge is 0.161 e. The van der Waals surface area contributed by atoms with Crippen molar-refractivity contribution in [1.29, 1.82) is 0 Å². The first-order valence-electron chi connectivity index (χ1n) is 5.87. The number of hydrogen-bond acceptors (Lipinski definition) is 4. The molecule has 1 saturated carbocycles. The molecule has 3 aliphatic heterocycles. The Labute approximate surface area is 89.2 Å². The summed E-state index contributed by atoms with van der Waals surface area (Å²) >= 11 is 0. The van der Waals surface area contributed by atoms with E-state index in [0.717, 1.165) is 19.3 Å². The third-order valence-corrected chi connectivity index (χ3v) is 4.29. The average Bonchev–Trinajstić information content (AvgIpc) is 2.19. The van der Waals surface area contributed by atoms with Crippen LogP contribution in [0.4, 0.5) is 0 Å². The molecule has 4 rings (SSSR count). The first kappa shape index (κ1) is 10.0. The minimum Gasteiger partial charge on any atom is -0.390 e. The van der Waals surface area contributed by atoms with Crippen LogP contribution in [0.5, 0.6) is 0 Å². The first-order chi connectivity index (χ1) is 7.16. The predicted octanol–water partition coefficient (Wildman–Crippen LogP) is 0.412. The monoisotopic (exact) mass is 214 g/mol. The number of aliphatic hydroxyl groups is 2. The van der Waals surface area contributed by atoms with E-state index in [1.54, 1.807) is 0 Å². The topological polar surface area (TPSA) is 58.9 Å². The summed E-state index contributed by atoms with van der Waals surface area (Å²) in [6, 6.07) is 0. The van der Waals surface area contributed by atoms with Crippen LogP contribution in [-0.2, 0) is 9.47 Å². The molecule has 3 heterocycles. The zero-order valence-electron chi connectivity index (χ0n) is 8.93. The van der Waals surface area contributed by atoms with Crippen LogP contribution in [0.3, 0.4) is 0 Å². The van der Waals surface area contributed by atoms with Gasteiger partial charge >= 0.3 is 0 Å². The third-order valence-electron chi connectivity index (χ3n) is 4.29. The van der Waals surface area contributed by atoms with Crippen LogP contribution in [0.2, 0.25) is 0 Å². The fourth-order valence-electron chi connectivity index (χ4n) is 3.39. The highest BCUT2D eigenvalue weighted by molar-refractivity contribution is 5.11. The second kappa shape index (κ2) is 3.17. The van der Waals surface area contributed by atoms with E-state index < -0.39 is 11.7 Å². The molecule has 4 nitrogen and oxygen atoms in total. The predicted molar refractivity (Wildman–Crippen MR) is 52.1 cm³/mol. The lowest BCUT2D eigenvalue weighted by Gasteiger charge is -2.60. The Morgan fingerprint density at radius 2 is 2.13 bits per heavy atom. The lowest BCUT2D eigenvalue weighted by molar-refractivity contribution is -0.404. The minimum atomic E-state index is -1.16. The molecule has 4 heteroatoms. The van der Waals surface area contributed by atoms with E-state index in [1.807, 2.05) is 0 Å². The summed E-state index contributed by atoms with van der Waals surface area (Å²) in [7, 11) is 0. The molecule has 2 N–H and O–H groups in total. The van der Waals surface area contributed by atoms with Gasteiger partial charge in [-0.3, -0.25) is 0 Å². The van der Waals surface area contributed by atoms with Gasteiger partial charge in [-0.1, -0.05) is 13.3 Å². The van der Waals surface area contributed by atoms with E-state index in [2.05, 4.69) is 6.92 Å². The highest BCUT2D eigenvalue weighted by atomic mass is 16.7. The Hall–Kier alpha value is -0.160. The van der Waals surface area contributed by atoms with Crippen molar-refractivity contribution in [3.05, 3.63) is 0 Å². The molecule has 15 heavy (non-hydrogen) atoms. The van der Waals surface area contributed by atoms with Gasteiger partial charge in [0.2, 0.25) is 0 Å². The number of fused-ring (bicyclic) bond motifs is 1. The number of rotatable bonds is 1. The fourth-order valence-corrected chi connectivity index (χ4v) is 3.39. The van der Waals surface area contributed by atoms with Crippen LogP contribution in [-0.4, -0.2) is 40.4 Å². The fraction of sp³-hybridized carbons (Fsp3) is 1.00. The van der Waals surface area contributed by atoms with Gasteiger partial charge in [-0.15, -0.1) is 0 Å². The van der Waals surface area contributed by atoms with Gasteiger partial charge in [-0.25, -0.2) is 0 Å². The van der Waals surface area contributed by atoms with Crippen molar-refractivity contribution in [3.63, 3.8) is 0 Å². The van der Waals surface area contributed by atoms with Gasteiger partial charge in [-0.05, 0) is 18.8 Å². The molecule has 0 aromatic rings. The highest BCUT2D eigenvalue weighted by Crippen LogP contribution is 2.49. The molecule has 4 aliphatic rings. The third kappa shape index (κ3) is 1.16. The molecule has 4 fully saturated rings. The van der Waals surface area contributed by atoms with E-state index in [0.29, 0.717) is 12.3 Å². The van der Waals surface area contributed by atoms with Gasteiger partial charge in [0.1, 0.15) is 5.60 Å². The standard InChI is InChI=1S/C11H18O4/c1-2-6-3-4-8-11(13)7(12)5-9(14-8)15-10(6)11/h6-10,12-13H,2-5H2,1H3/t6-,7-,8-,9-,10-,11-/m0/s1. The normalized spacial score (nSPS) is 58.2. The molecule has 0 aromatic carbocycles. The van der Waals surface area contributed by atoms with Crippen LogP contribution in [0.25, 0.3) is 0 Å². The van der Waals surface area contributed by atoms with Gasteiger partial charge in [0.25, 0.3) is 0 Å². The molecule has 0 aromatic heterocycles. The molecule has 0 radical (unpaired) electrons. The summed E-state index contributed by atoms with van der Waals surface area (Å²) in [5.74, 6) is 0.354. The van der Waals surface area contributed by atoms with Crippen molar-refractivity contribution in [1.82, 2.24) is 0 Å². The SMILES string of the molecule is CC[C@H]1CC[C@@H]2O[C@@H]3C[C@H](O)[C@@]2(O)[C@H]1O3. The highest BCUT2D eigenvalue weighted by Gasteiger charge is 2.63. The van der Waals surface area contributed by atoms with E-state index in [9.17, 15) is 10.2 Å². The lowest BCUT2D eigenvalue weighted by Crippen LogP contribution is -2.74. The van der Waals surface area contributed by atoms with Crippen molar-refractivity contribution in [2.75, 3.05) is 0 Å². The largest absolute Gasteiger partial charge is 0.390 e. The van der Waals surface area contributed by atoms with Gasteiger partial charge in [0, 0.05) is 6.42 Å². The number of hydrogen-bond donors (Lipinski definition) is 2. The molecule has 1 aliphatic carbocycles. The van der Waals surface area contributed by atoms with Gasteiger partial charge < -0.3 is 19.7 Å². The van der Waals surface area contributed by atoms with Crippen molar-refractivity contribution in [3.8, 4) is 0 Å². The zero-order chi connectivity index (χ0) is 10.6. The Morgan fingerprint density at radius 1 is 1.33 bits per heavy atom. The molecule has 0 amide bonds. The van der Waals surface area contributed by atoms with Crippen molar-refractivity contribution in [2.45, 2.75) is 62.8 Å². The van der Waals surface area contributed by atoms with Crippen LogP contribution >= 0.6 is 0 Å². The van der Waals surface area contributed by atoms with Crippen LogP contribution in [0.15, 0.2) is 0 Å². The summed E-state index contributed by atoms with van der Waals surface area (Å²) in [6.45, 7) is 2.10. The van der Waals surface area contributed by atoms with Crippen LogP contribution < -0.4 is 0 Å². The molecule has 86 valence electrons. The number of aliphatic hydroxyl groups excluding tert-OH is 1. The molecular formula is C11H18O4. The minimum absolute atomic E-state index is 0.229. The van der Waals surface area contributed by atoms with Crippen molar-refractivity contribution in [2.24, 2.45) is 5.92 Å². The average molecular weight is 214 g/mol. The Balaban J connectivity index is 1.96. The summed E-state index contributed by atoms with van der Waals surface area (Å²) in [5, 5.41) is 20.5. The molecule has 0 unspecified atom stereocenters. The van der Waals surface area contributed by atoms with Gasteiger partial charge in [0.05, 0.1) is 18.3 Å². The Kier molecular flexibility index (Phi) is 2.12. The lowest BCUT2D eigenvalue weighted by atomic mass is 9.66. The quantitative estimate of drug-likeness (QED) is 0.664.